The first kappa shape index (κ1) is 20.1. The van der Waals surface area contributed by atoms with Crippen LogP contribution in [0.5, 0.6) is 0 Å². The first-order valence-electron chi connectivity index (χ1n) is 8.29. The summed E-state index contributed by atoms with van der Waals surface area (Å²) in [6, 6.07) is 8.58. The number of alkyl halides is 3. The van der Waals surface area contributed by atoms with Crippen LogP contribution < -0.4 is 10.6 Å². The number of amides is 2. The highest BCUT2D eigenvalue weighted by Gasteiger charge is 2.30. The summed E-state index contributed by atoms with van der Waals surface area (Å²) in [6.45, 7) is 1.58. The van der Waals surface area contributed by atoms with Crippen molar-refractivity contribution < 1.29 is 31.6 Å². The Hall–Kier alpha value is -3.62. The largest absolute Gasteiger partial charge is 0.469 e. The van der Waals surface area contributed by atoms with Gasteiger partial charge >= 0.3 is 6.18 Å². The number of anilines is 2. The van der Waals surface area contributed by atoms with Crippen LogP contribution in [0.15, 0.2) is 59.2 Å². The molecular weight excluding hydrogens is 392 g/mol. The number of carbonyl (C=O) groups excluding carboxylic acids is 2. The van der Waals surface area contributed by atoms with Crippen molar-refractivity contribution in [2.45, 2.75) is 13.1 Å². The molecule has 0 fully saturated rings. The molecule has 3 rings (SSSR count). The first-order chi connectivity index (χ1) is 13.6. The molecule has 1 aromatic heterocycles. The van der Waals surface area contributed by atoms with Gasteiger partial charge < -0.3 is 15.1 Å². The Morgan fingerprint density at radius 3 is 2.21 bits per heavy atom. The fraction of sp³-hybridized carbons (Fsp3) is 0.100. The molecule has 2 aromatic carbocycles. The Labute approximate surface area is 162 Å². The lowest BCUT2D eigenvalue weighted by atomic mass is 10.1. The molecule has 3 aromatic rings. The lowest BCUT2D eigenvalue weighted by molar-refractivity contribution is -0.137. The SMILES string of the molecule is Cc1occc1C(=O)Nc1cc(NC(=O)c2ccc(C(F)(F)F)cc2)ccc1F. The van der Waals surface area contributed by atoms with Gasteiger partial charge in [-0.25, -0.2) is 4.39 Å². The quantitative estimate of drug-likeness (QED) is 0.582. The summed E-state index contributed by atoms with van der Waals surface area (Å²) in [5, 5.41) is 4.83. The van der Waals surface area contributed by atoms with E-state index in [9.17, 15) is 27.2 Å². The molecule has 0 saturated carbocycles. The van der Waals surface area contributed by atoms with Crippen molar-refractivity contribution >= 4 is 23.2 Å². The maximum atomic E-state index is 14.0. The minimum absolute atomic E-state index is 0.0121. The Morgan fingerprint density at radius 1 is 0.931 bits per heavy atom. The minimum Gasteiger partial charge on any atom is -0.469 e. The summed E-state index contributed by atoms with van der Waals surface area (Å²) in [4.78, 5) is 24.4. The second kappa shape index (κ2) is 7.78. The normalized spacial score (nSPS) is 11.2. The number of halogens is 4. The topological polar surface area (TPSA) is 71.3 Å². The number of aryl methyl sites for hydroxylation is 1. The molecule has 0 radical (unpaired) electrons. The third-order valence-corrected chi connectivity index (χ3v) is 4.05. The van der Waals surface area contributed by atoms with Crippen molar-refractivity contribution in [1.29, 1.82) is 0 Å². The van der Waals surface area contributed by atoms with Gasteiger partial charge in [0.25, 0.3) is 11.8 Å². The van der Waals surface area contributed by atoms with Crippen molar-refractivity contribution in [3.8, 4) is 0 Å². The number of furan rings is 1. The van der Waals surface area contributed by atoms with Crippen LogP contribution in [0.4, 0.5) is 28.9 Å². The Kier molecular flexibility index (Phi) is 5.40. The van der Waals surface area contributed by atoms with Crippen molar-refractivity contribution in [2.24, 2.45) is 0 Å². The van der Waals surface area contributed by atoms with Gasteiger partial charge in [0.05, 0.1) is 23.1 Å². The lowest BCUT2D eigenvalue weighted by Gasteiger charge is -2.11. The number of rotatable bonds is 4. The molecule has 1 heterocycles. The van der Waals surface area contributed by atoms with Gasteiger partial charge in [0.1, 0.15) is 11.6 Å². The van der Waals surface area contributed by atoms with E-state index >= 15 is 0 Å². The second-order valence-corrected chi connectivity index (χ2v) is 6.07. The van der Waals surface area contributed by atoms with Crippen LogP contribution >= 0.6 is 0 Å². The van der Waals surface area contributed by atoms with E-state index in [-0.39, 0.29) is 22.5 Å². The molecule has 0 aliphatic rings. The first-order valence-corrected chi connectivity index (χ1v) is 8.29. The molecule has 0 spiro atoms. The van der Waals surface area contributed by atoms with Gasteiger partial charge in [-0.1, -0.05) is 0 Å². The van der Waals surface area contributed by atoms with Gasteiger partial charge in [-0.15, -0.1) is 0 Å². The van der Waals surface area contributed by atoms with Crippen molar-refractivity contribution in [3.63, 3.8) is 0 Å². The highest BCUT2D eigenvalue weighted by molar-refractivity contribution is 6.06. The Balaban J connectivity index is 1.75. The molecular formula is C20H14F4N2O3. The monoisotopic (exact) mass is 406 g/mol. The third kappa shape index (κ3) is 4.63. The Morgan fingerprint density at radius 2 is 1.62 bits per heavy atom. The number of hydrogen-bond acceptors (Lipinski definition) is 3. The van der Waals surface area contributed by atoms with Crippen molar-refractivity contribution in [3.05, 3.63) is 83.1 Å². The molecule has 2 amide bonds. The molecule has 0 unspecified atom stereocenters. The average Bonchev–Trinajstić information content (AvgIpc) is 3.10. The smallest absolute Gasteiger partial charge is 0.416 e. The summed E-state index contributed by atoms with van der Waals surface area (Å²) in [7, 11) is 0. The third-order valence-electron chi connectivity index (χ3n) is 4.05. The van der Waals surface area contributed by atoms with E-state index in [4.69, 9.17) is 4.42 Å². The van der Waals surface area contributed by atoms with E-state index in [0.29, 0.717) is 5.76 Å². The summed E-state index contributed by atoms with van der Waals surface area (Å²) in [6.07, 6.45) is -3.19. The van der Waals surface area contributed by atoms with Gasteiger partial charge in [-0.05, 0) is 55.5 Å². The van der Waals surface area contributed by atoms with E-state index in [1.807, 2.05) is 0 Å². The molecule has 0 atom stereocenters. The molecule has 9 heteroatoms. The summed E-state index contributed by atoms with van der Waals surface area (Å²) in [5.41, 5.74) is -0.697. The molecule has 5 nitrogen and oxygen atoms in total. The van der Waals surface area contributed by atoms with Crippen LogP contribution in [0.3, 0.4) is 0 Å². The zero-order valence-corrected chi connectivity index (χ0v) is 14.9. The molecule has 0 aliphatic carbocycles. The van der Waals surface area contributed by atoms with Crippen molar-refractivity contribution in [1.82, 2.24) is 0 Å². The fourth-order valence-corrected chi connectivity index (χ4v) is 2.52. The van der Waals surface area contributed by atoms with Crippen molar-refractivity contribution in [2.75, 3.05) is 10.6 Å². The molecule has 2 N–H and O–H groups in total. The summed E-state index contributed by atoms with van der Waals surface area (Å²) >= 11 is 0. The number of carbonyl (C=O) groups is 2. The predicted octanol–water partition coefficient (Wildman–Crippen LogP) is 5.25. The van der Waals surface area contributed by atoms with E-state index < -0.39 is 29.4 Å². The summed E-state index contributed by atoms with van der Waals surface area (Å²) in [5.74, 6) is -1.66. The molecule has 150 valence electrons. The maximum Gasteiger partial charge on any atom is 0.416 e. The lowest BCUT2D eigenvalue weighted by Crippen LogP contribution is -2.15. The van der Waals surface area contributed by atoms with E-state index in [1.54, 1.807) is 6.92 Å². The minimum atomic E-state index is -4.51. The van der Waals surface area contributed by atoms with Crippen LogP contribution in [0, 0.1) is 12.7 Å². The van der Waals surface area contributed by atoms with Gasteiger partial charge in [0, 0.05) is 11.3 Å². The maximum absolute atomic E-state index is 14.0. The predicted molar refractivity (Wildman–Crippen MR) is 97.2 cm³/mol. The number of hydrogen-bond donors (Lipinski definition) is 2. The second-order valence-electron chi connectivity index (χ2n) is 6.07. The van der Waals surface area contributed by atoms with Gasteiger partial charge in [0.2, 0.25) is 0 Å². The molecule has 0 aliphatic heterocycles. The highest BCUT2D eigenvalue weighted by atomic mass is 19.4. The summed E-state index contributed by atoms with van der Waals surface area (Å²) < 4.78 is 56.9. The molecule has 29 heavy (non-hydrogen) atoms. The average molecular weight is 406 g/mol. The Bertz CT molecular complexity index is 1060. The molecule has 0 bridgehead atoms. The number of nitrogens with one attached hydrogen (secondary N) is 2. The number of benzene rings is 2. The van der Waals surface area contributed by atoms with E-state index in [1.165, 1.54) is 24.5 Å². The van der Waals surface area contributed by atoms with Crippen LogP contribution in [-0.4, -0.2) is 11.8 Å². The van der Waals surface area contributed by atoms with Crippen LogP contribution in [0.25, 0.3) is 0 Å². The van der Waals surface area contributed by atoms with E-state index in [2.05, 4.69) is 10.6 Å². The van der Waals surface area contributed by atoms with Crippen LogP contribution in [0.1, 0.15) is 32.0 Å². The van der Waals surface area contributed by atoms with E-state index in [0.717, 1.165) is 30.3 Å². The highest BCUT2D eigenvalue weighted by Crippen LogP contribution is 2.29. The van der Waals surface area contributed by atoms with Crippen LogP contribution in [0.2, 0.25) is 0 Å². The standard InChI is InChI=1S/C20H14F4N2O3/c1-11-15(8-9-29-11)19(28)26-17-10-14(6-7-16(17)21)25-18(27)12-2-4-13(5-3-12)20(22,23)24/h2-10H,1H3,(H,25,27)(H,26,28). The van der Waals surface area contributed by atoms with Gasteiger partial charge in [0.15, 0.2) is 0 Å². The van der Waals surface area contributed by atoms with Crippen LogP contribution in [-0.2, 0) is 6.18 Å². The van der Waals surface area contributed by atoms with Gasteiger partial charge in [-0.2, -0.15) is 13.2 Å². The zero-order valence-electron chi connectivity index (χ0n) is 14.9. The molecule has 0 saturated heterocycles. The fourth-order valence-electron chi connectivity index (χ4n) is 2.52. The van der Waals surface area contributed by atoms with Gasteiger partial charge in [-0.3, -0.25) is 9.59 Å². The zero-order chi connectivity index (χ0) is 21.2.